The van der Waals surface area contributed by atoms with Crippen molar-refractivity contribution in [3.05, 3.63) is 54.1 Å². The molecule has 3 aromatic rings. The summed E-state index contributed by atoms with van der Waals surface area (Å²) < 4.78 is 42.9. The van der Waals surface area contributed by atoms with Gasteiger partial charge in [0.05, 0.1) is 21.6 Å². The Kier molecular flexibility index (Phi) is 6.27. The van der Waals surface area contributed by atoms with E-state index in [4.69, 9.17) is 4.98 Å². The first-order chi connectivity index (χ1) is 14.9. The Morgan fingerprint density at radius 3 is 2.39 bits per heavy atom. The highest BCUT2D eigenvalue weighted by molar-refractivity contribution is 7.92. The highest BCUT2D eigenvalue weighted by Crippen LogP contribution is 2.23. The number of aryl methyl sites for hydroxylation is 1. The van der Waals surface area contributed by atoms with Crippen molar-refractivity contribution in [3.63, 3.8) is 0 Å². The molecule has 0 saturated carbocycles. The van der Waals surface area contributed by atoms with E-state index in [1.165, 1.54) is 12.1 Å². The third kappa shape index (κ3) is 4.89. The summed E-state index contributed by atoms with van der Waals surface area (Å²) in [5.74, 6) is 0.500. The Morgan fingerprint density at radius 1 is 1.03 bits per heavy atom. The highest BCUT2D eigenvalue weighted by atomic mass is 32.2. The molecule has 1 fully saturated rings. The summed E-state index contributed by atoms with van der Waals surface area (Å²) in [5.41, 5.74) is 2.13. The Hall–Kier alpha value is -2.49. The third-order valence-corrected chi connectivity index (χ3v) is 7.31. The van der Waals surface area contributed by atoms with E-state index in [1.807, 2.05) is 13.1 Å². The second-order valence-electron chi connectivity index (χ2n) is 7.88. The SMILES string of the molecule is CCN1CCN(CCc2nc3cc(NS(=O)(=O)c4ccc(F)cc4)ccc3n2C)CC1. The van der Waals surface area contributed by atoms with Crippen molar-refractivity contribution in [3.8, 4) is 0 Å². The molecule has 1 N–H and O–H groups in total. The summed E-state index contributed by atoms with van der Waals surface area (Å²) in [4.78, 5) is 9.68. The monoisotopic (exact) mass is 445 g/mol. The number of piperazine rings is 1. The first kappa shape index (κ1) is 21.7. The standard InChI is InChI=1S/C22H28FN5O2S/c1-3-27-12-14-28(15-13-27)11-10-22-24-20-16-18(6-9-21(20)26(22)2)25-31(29,30)19-7-4-17(23)5-8-19/h4-9,16,25H,3,10-15H2,1-2H3. The van der Waals surface area contributed by atoms with Gasteiger partial charge in [0.1, 0.15) is 11.6 Å². The van der Waals surface area contributed by atoms with Crippen molar-refractivity contribution in [1.29, 1.82) is 0 Å². The lowest BCUT2D eigenvalue weighted by Crippen LogP contribution is -2.46. The van der Waals surface area contributed by atoms with Gasteiger partial charge in [0.25, 0.3) is 10.0 Å². The minimum Gasteiger partial charge on any atom is -0.331 e. The van der Waals surface area contributed by atoms with Crippen molar-refractivity contribution < 1.29 is 12.8 Å². The molecule has 0 aliphatic carbocycles. The predicted octanol–water partition coefficient (Wildman–Crippen LogP) is 2.69. The van der Waals surface area contributed by atoms with Gasteiger partial charge in [-0.15, -0.1) is 0 Å². The van der Waals surface area contributed by atoms with Gasteiger partial charge < -0.3 is 14.4 Å². The van der Waals surface area contributed by atoms with E-state index in [0.29, 0.717) is 5.69 Å². The van der Waals surface area contributed by atoms with Crippen LogP contribution in [-0.4, -0.2) is 67.0 Å². The van der Waals surface area contributed by atoms with E-state index in [1.54, 1.807) is 12.1 Å². The fraction of sp³-hybridized carbons (Fsp3) is 0.409. The fourth-order valence-electron chi connectivity index (χ4n) is 3.95. The van der Waals surface area contributed by atoms with Crippen molar-refractivity contribution in [2.75, 3.05) is 44.0 Å². The summed E-state index contributed by atoms with van der Waals surface area (Å²) in [5, 5.41) is 0. The quantitative estimate of drug-likeness (QED) is 0.606. The number of fused-ring (bicyclic) bond motifs is 1. The molecule has 1 aliphatic heterocycles. The third-order valence-electron chi connectivity index (χ3n) is 5.91. The molecule has 0 unspecified atom stereocenters. The average Bonchev–Trinajstić information content (AvgIpc) is 3.07. The van der Waals surface area contributed by atoms with E-state index in [-0.39, 0.29) is 4.90 Å². The molecule has 0 radical (unpaired) electrons. The number of nitrogens with zero attached hydrogens (tertiary/aromatic N) is 4. The molecule has 0 bridgehead atoms. The number of halogens is 1. The lowest BCUT2D eigenvalue weighted by molar-refractivity contribution is 0.138. The first-order valence-electron chi connectivity index (χ1n) is 10.5. The summed E-state index contributed by atoms with van der Waals surface area (Å²) >= 11 is 0. The number of imidazole rings is 1. The van der Waals surface area contributed by atoms with E-state index >= 15 is 0 Å². The van der Waals surface area contributed by atoms with Gasteiger partial charge in [-0.1, -0.05) is 6.92 Å². The van der Waals surface area contributed by atoms with Gasteiger partial charge in [0.15, 0.2) is 0 Å². The van der Waals surface area contributed by atoms with Crippen molar-refractivity contribution in [1.82, 2.24) is 19.4 Å². The molecule has 2 aromatic carbocycles. The van der Waals surface area contributed by atoms with Crippen LogP contribution in [0.25, 0.3) is 11.0 Å². The minimum atomic E-state index is -3.80. The number of sulfonamides is 1. The van der Waals surface area contributed by atoms with Gasteiger partial charge in [0.2, 0.25) is 0 Å². The number of anilines is 1. The summed E-state index contributed by atoms with van der Waals surface area (Å²) in [6.45, 7) is 8.63. The molecular formula is C22H28FN5O2S. The Bertz CT molecular complexity index is 1150. The fourth-order valence-corrected chi connectivity index (χ4v) is 5.00. The molecule has 166 valence electrons. The molecule has 0 spiro atoms. The number of benzene rings is 2. The first-order valence-corrected chi connectivity index (χ1v) is 12.0. The summed E-state index contributed by atoms with van der Waals surface area (Å²) in [6.07, 6.45) is 0.841. The zero-order valence-corrected chi connectivity index (χ0v) is 18.7. The number of hydrogen-bond donors (Lipinski definition) is 1. The minimum absolute atomic E-state index is 0.0128. The molecule has 31 heavy (non-hydrogen) atoms. The maximum absolute atomic E-state index is 13.1. The summed E-state index contributed by atoms with van der Waals surface area (Å²) in [7, 11) is -1.81. The Labute approximate surface area is 182 Å². The number of aromatic nitrogens is 2. The molecule has 0 atom stereocenters. The van der Waals surface area contributed by atoms with Gasteiger partial charge in [-0.2, -0.15) is 0 Å². The maximum atomic E-state index is 13.1. The molecule has 9 heteroatoms. The highest BCUT2D eigenvalue weighted by Gasteiger charge is 2.18. The van der Waals surface area contributed by atoms with E-state index in [0.717, 1.165) is 74.7 Å². The molecule has 0 amide bonds. The van der Waals surface area contributed by atoms with Gasteiger partial charge in [-0.25, -0.2) is 17.8 Å². The Morgan fingerprint density at radius 2 is 1.71 bits per heavy atom. The van der Waals surface area contributed by atoms with Crippen LogP contribution in [0.3, 0.4) is 0 Å². The van der Waals surface area contributed by atoms with Crippen LogP contribution in [0.1, 0.15) is 12.7 Å². The maximum Gasteiger partial charge on any atom is 0.261 e. The molecule has 4 rings (SSSR count). The van der Waals surface area contributed by atoms with Crippen LogP contribution >= 0.6 is 0 Å². The van der Waals surface area contributed by atoms with Crippen LogP contribution < -0.4 is 4.72 Å². The van der Waals surface area contributed by atoms with Crippen LogP contribution in [0, 0.1) is 5.82 Å². The van der Waals surface area contributed by atoms with E-state index in [9.17, 15) is 12.8 Å². The number of likely N-dealkylation sites (N-methyl/N-ethyl adjacent to an activating group) is 1. The number of hydrogen-bond acceptors (Lipinski definition) is 5. The predicted molar refractivity (Wildman–Crippen MR) is 120 cm³/mol. The smallest absolute Gasteiger partial charge is 0.261 e. The molecular weight excluding hydrogens is 417 g/mol. The van der Waals surface area contributed by atoms with Crippen molar-refractivity contribution >= 4 is 26.7 Å². The van der Waals surface area contributed by atoms with Gasteiger partial charge in [-0.05, 0) is 49.0 Å². The van der Waals surface area contributed by atoms with Crippen molar-refractivity contribution in [2.45, 2.75) is 18.2 Å². The second-order valence-corrected chi connectivity index (χ2v) is 9.56. The van der Waals surface area contributed by atoms with E-state index < -0.39 is 15.8 Å². The van der Waals surface area contributed by atoms with Gasteiger partial charge >= 0.3 is 0 Å². The number of rotatable bonds is 7. The molecule has 1 saturated heterocycles. The molecule has 7 nitrogen and oxygen atoms in total. The van der Waals surface area contributed by atoms with Crippen LogP contribution in [0.15, 0.2) is 47.4 Å². The zero-order chi connectivity index (χ0) is 22.0. The van der Waals surface area contributed by atoms with Crippen LogP contribution in [0.5, 0.6) is 0 Å². The zero-order valence-electron chi connectivity index (χ0n) is 17.9. The normalized spacial score (nSPS) is 16.1. The van der Waals surface area contributed by atoms with Crippen LogP contribution in [-0.2, 0) is 23.5 Å². The van der Waals surface area contributed by atoms with Crippen LogP contribution in [0.2, 0.25) is 0 Å². The largest absolute Gasteiger partial charge is 0.331 e. The van der Waals surface area contributed by atoms with Crippen molar-refractivity contribution in [2.24, 2.45) is 7.05 Å². The van der Waals surface area contributed by atoms with E-state index in [2.05, 4.69) is 26.0 Å². The molecule has 1 aliphatic rings. The number of nitrogens with one attached hydrogen (secondary N) is 1. The Balaban J connectivity index is 1.46. The lowest BCUT2D eigenvalue weighted by atomic mass is 10.3. The van der Waals surface area contributed by atoms with Gasteiger partial charge in [-0.3, -0.25) is 4.72 Å². The molecule has 1 aromatic heterocycles. The van der Waals surface area contributed by atoms with Gasteiger partial charge in [0, 0.05) is 46.2 Å². The van der Waals surface area contributed by atoms with Crippen LogP contribution in [0.4, 0.5) is 10.1 Å². The summed E-state index contributed by atoms with van der Waals surface area (Å²) in [6, 6.07) is 10.1. The molecule has 2 heterocycles. The lowest BCUT2D eigenvalue weighted by Gasteiger charge is -2.33. The topological polar surface area (TPSA) is 70.5 Å². The second kappa shape index (κ2) is 8.94. The average molecular weight is 446 g/mol.